The van der Waals surface area contributed by atoms with Crippen molar-refractivity contribution in [3.05, 3.63) is 24.0 Å². The van der Waals surface area contributed by atoms with Crippen LogP contribution in [0.2, 0.25) is 0 Å². The molecular formula is C8H12N4O. The van der Waals surface area contributed by atoms with Crippen molar-refractivity contribution in [2.24, 2.45) is 0 Å². The molecule has 0 aliphatic heterocycles. The summed E-state index contributed by atoms with van der Waals surface area (Å²) >= 11 is 0. The number of carbonyl (C=O) groups is 1. The fraction of sp³-hybridized carbons (Fsp3) is 0.250. The summed E-state index contributed by atoms with van der Waals surface area (Å²) in [5, 5.41) is 11.8. The number of anilines is 1. The summed E-state index contributed by atoms with van der Waals surface area (Å²) in [6, 6.07) is 1.69. The van der Waals surface area contributed by atoms with Crippen LogP contribution in [-0.4, -0.2) is 23.2 Å². The van der Waals surface area contributed by atoms with Crippen LogP contribution in [0.15, 0.2) is 24.0 Å². The van der Waals surface area contributed by atoms with Gasteiger partial charge in [0, 0.05) is 24.9 Å². The van der Waals surface area contributed by atoms with E-state index in [1.807, 2.05) is 0 Å². The molecule has 0 saturated heterocycles. The number of carbonyl (C=O) groups excluding carboxylic acids is 1. The van der Waals surface area contributed by atoms with Crippen LogP contribution in [0.4, 0.5) is 5.82 Å². The molecule has 0 atom stereocenters. The Hall–Kier alpha value is -1.78. The number of hydrogen-bond donors (Lipinski definition) is 3. The molecule has 0 aromatic carbocycles. The summed E-state index contributed by atoms with van der Waals surface area (Å²) in [7, 11) is 1.74. The lowest BCUT2D eigenvalue weighted by molar-refractivity contribution is -0.112. The monoisotopic (exact) mass is 180 g/mol. The van der Waals surface area contributed by atoms with Crippen LogP contribution >= 0.6 is 0 Å². The van der Waals surface area contributed by atoms with Gasteiger partial charge in [0.2, 0.25) is 0 Å². The lowest BCUT2D eigenvalue weighted by Crippen LogP contribution is -2.14. The van der Waals surface area contributed by atoms with E-state index in [0.717, 1.165) is 0 Å². The molecule has 0 aliphatic carbocycles. The smallest absolute Gasteiger partial charge is 0.253 e. The van der Waals surface area contributed by atoms with Gasteiger partial charge in [-0.25, -0.2) is 0 Å². The van der Waals surface area contributed by atoms with Crippen molar-refractivity contribution < 1.29 is 4.79 Å². The van der Waals surface area contributed by atoms with E-state index in [4.69, 9.17) is 0 Å². The zero-order valence-electron chi connectivity index (χ0n) is 7.59. The molecule has 1 aromatic heterocycles. The second-order valence-corrected chi connectivity index (χ2v) is 2.54. The van der Waals surface area contributed by atoms with Gasteiger partial charge in [-0.1, -0.05) is 0 Å². The first-order valence-corrected chi connectivity index (χ1v) is 3.89. The molecule has 0 bridgehead atoms. The Kier molecular flexibility index (Phi) is 3.08. The normalized spacial score (nSPS) is 11.1. The number of H-pyrrole nitrogens is 1. The summed E-state index contributed by atoms with van der Waals surface area (Å²) in [4.78, 5) is 11.3. The van der Waals surface area contributed by atoms with Crippen molar-refractivity contribution in [3.8, 4) is 0 Å². The minimum atomic E-state index is -0.154. The van der Waals surface area contributed by atoms with E-state index in [1.165, 1.54) is 0 Å². The Morgan fingerprint density at radius 3 is 3.00 bits per heavy atom. The standard InChI is InChI=1S/C8H12N4O/c1-6(5-9-2)8(13)11-7-3-4-10-12-7/h3-5,9H,1-2H3,(H2,10,11,12,13)/b6-5+. The maximum atomic E-state index is 11.3. The molecule has 1 amide bonds. The molecule has 1 aromatic rings. The SMILES string of the molecule is CN/C=C(\C)C(=O)Nc1ccn[nH]1. The van der Waals surface area contributed by atoms with Gasteiger partial charge in [-0.2, -0.15) is 5.10 Å². The zero-order chi connectivity index (χ0) is 9.68. The van der Waals surface area contributed by atoms with Crippen LogP contribution in [0.25, 0.3) is 0 Å². The number of rotatable bonds is 3. The van der Waals surface area contributed by atoms with Gasteiger partial charge in [-0.3, -0.25) is 9.89 Å². The van der Waals surface area contributed by atoms with E-state index in [1.54, 1.807) is 32.4 Å². The lowest BCUT2D eigenvalue weighted by Gasteiger charge is -2.01. The maximum Gasteiger partial charge on any atom is 0.253 e. The van der Waals surface area contributed by atoms with Gasteiger partial charge >= 0.3 is 0 Å². The molecule has 5 nitrogen and oxygen atoms in total. The van der Waals surface area contributed by atoms with E-state index in [2.05, 4.69) is 20.8 Å². The fourth-order valence-electron chi connectivity index (χ4n) is 0.828. The summed E-state index contributed by atoms with van der Waals surface area (Å²) in [5.41, 5.74) is 0.608. The van der Waals surface area contributed by atoms with Crippen molar-refractivity contribution >= 4 is 11.7 Å². The first-order valence-electron chi connectivity index (χ1n) is 3.89. The molecule has 13 heavy (non-hydrogen) atoms. The molecule has 0 saturated carbocycles. The van der Waals surface area contributed by atoms with Crippen LogP contribution < -0.4 is 10.6 Å². The van der Waals surface area contributed by atoms with Crippen LogP contribution in [0.5, 0.6) is 0 Å². The highest BCUT2D eigenvalue weighted by Crippen LogP contribution is 2.01. The van der Waals surface area contributed by atoms with Crippen molar-refractivity contribution in [1.82, 2.24) is 15.5 Å². The number of aromatic amines is 1. The molecule has 1 rings (SSSR count). The van der Waals surface area contributed by atoms with Crippen molar-refractivity contribution in [2.45, 2.75) is 6.92 Å². The van der Waals surface area contributed by atoms with Crippen molar-refractivity contribution in [1.29, 1.82) is 0 Å². The van der Waals surface area contributed by atoms with Gasteiger partial charge in [-0.05, 0) is 6.92 Å². The Balaban J connectivity index is 2.56. The zero-order valence-corrected chi connectivity index (χ0v) is 7.59. The van der Waals surface area contributed by atoms with E-state index in [-0.39, 0.29) is 5.91 Å². The number of amides is 1. The Labute approximate surface area is 76.2 Å². The Morgan fingerprint density at radius 1 is 1.69 bits per heavy atom. The van der Waals surface area contributed by atoms with Crippen LogP contribution in [-0.2, 0) is 4.79 Å². The third-order valence-electron chi connectivity index (χ3n) is 1.47. The molecule has 1 heterocycles. The molecule has 0 radical (unpaired) electrons. The van der Waals surface area contributed by atoms with Crippen molar-refractivity contribution in [2.75, 3.05) is 12.4 Å². The van der Waals surface area contributed by atoms with Gasteiger partial charge in [0.05, 0.1) is 6.20 Å². The maximum absolute atomic E-state index is 11.3. The molecule has 0 aliphatic rings. The quantitative estimate of drug-likeness (QED) is 0.592. The van der Waals surface area contributed by atoms with Gasteiger partial charge in [0.15, 0.2) is 0 Å². The molecule has 0 unspecified atom stereocenters. The number of nitrogens with zero attached hydrogens (tertiary/aromatic N) is 1. The highest BCUT2D eigenvalue weighted by Gasteiger charge is 2.03. The van der Waals surface area contributed by atoms with Crippen LogP contribution in [0.1, 0.15) is 6.92 Å². The second kappa shape index (κ2) is 4.30. The average molecular weight is 180 g/mol. The molecule has 0 spiro atoms. The summed E-state index contributed by atoms with van der Waals surface area (Å²) in [6.07, 6.45) is 3.21. The Bertz CT molecular complexity index is 302. The van der Waals surface area contributed by atoms with Gasteiger partial charge in [0.1, 0.15) is 5.82 Å². The average Bonchev–Trinajstić information content (AvgIpc) is 2.57. The number of hydrogen-bond acceptors (Lipinski definition) is 3. The van der Waals surface area contributed by atoms with Crippen molar-refractivity contribution in [3.63, 3.8) is 0 Å². The molecule has 3 N–H and O–H groups in total. The molecular weight excluding hydrogens is 168 g/mol. The van der Waals surface area contributed by atoms with Gasteiger partial charge in [-0.15, -0.1) is 0 Å². The number of aromatic nitrogens is 2. The Morgan fingerprint density at radius 2 is 2.46 bits per heavy atom. The van der Waals surface area contributed by atoms with E-state index >= 15 is 0 Å². The minimum absolute atomic E-state index is 0.154. The number of nitrogens with one attached hydrogen (secondary N) is 3. The first kappa shape index (κ1) is 9.31. The van der Waals surface area contributed by atoms with E-state index < -0.39 is 0 Å². The van der Waals surface area contributed by atoms with E-state index in [0.29, 0.717) is 11.4 Å². The third kappa shape index (κ3) is 2.62. The second-order valence-electron chi connectivity index (χ2n) is 2.54. The molecule has 0 fully saturated rings. The van der Waals surface area contributed by atoms with Gasteiger partial charge in [0.25, 0.3) is 5.91 Å². The molecule has 70 valence electrons. The fourth-order valence-corrected chi connectivity index (χ4v) is 0.828. The summed E-state index contributed by atoms with van der Waals surface area (Å²) in [6.45, 7) is 1.72. The minimum Gasteiger partial charge on any atom is -0.394 e. The summed E-state index contributed by atoms with van der Waals surface area (Å²) < 4.78 is 0. The highest BCUT2D eigenvalue weighted by molar-refractivity contribution is 6.02. The predicted molar refractivity (Wildman–Crippen MR) is 50.0 cm³/mol. The topological polar surface area (TPSA) is 69.8 Å². The third-order valence-corrected chi connectivity index (χ3v) is 1.47. The largest absolute Gasteiger partial charge is 0.394 e. The highest BCUT2D eigenvalue weighted by atomic mass is 16.1. The molecule has 5 heteroatoms. The van der Waals surface area contributed by atoms with Crippen LogP contribution in [0.3, 0.4) is 0 Å². The van der Waals surface area contributed by atoms with Gasteiger partial charge < -0.3 is 10.6 Å². The van der Waals surface area contributed by atoms with Crippen LogP contribution in [0, 0.1) is 0 Å². The first-order chi connectivity index (χ1) is 6.24. The predicted octanol–water partition coefficient (Wildman–Crippen LogP) is 0.471. The lowest BCUT2D eigenvalue weighted by atomic mass is 10.3. The van der Waals surface area contributed by atoms with E-state index in [9.17, 15) is 4.79 Å². The summed E-state index contributed by atoms with van der Waals surface area (Å²) in [5.74, 6) is 0.437.